The Morgan fingerprint density at radius 3 is 2.75 bits per heavy atom. The molecule has 1 aromatic carbocycles. The molecule has 0 aliphatic heterocycles. The van der Waals surface area contributed by atoms with Crippen molar-refractivity contribution in [2.45, 2.75) is 19.6 Å². The quantitative estimate of drug-likeness (QED) is 0.828. The van der Waals surface area contributed by atoms with Gasteiger partial charge in [0.25, 0.3) is 0 Å². The molecule has 6 heteroatoms. The minimum absolute atomic E-state index is 0.198. The van der Waals surface area contributed by atoms with Gasteiger partial charge in [0.05, 0.1) is 12.2 Å². The van der Waals surface area contributed by atoms with Crippen LogP contribution in [0.5, 0.6) is 0 Å². The second kappa shape index (κ2) is 7.12. The Labute approximate surface area is 118 Å². The maximum absolute atomic E-state index is 12.8. The molecule has 0 unspecified atom stereocenters. The number of hydrogen-bond acceptors (Lipinski definition) is 4. The summed E-state index contributed by atoms with van der Waals surface area (Å²) in [7, 11) is 3.92. The van der Waals surface area contributed by atoms with Crippen molar-refractivity contribution in [1.82, 2.24) is 25.2 Å². The van der Waals surface area contributed by atoms with Gasteiger partial charge in [-0.1, -0.05) is 17.3 Å². The normalized spacial score (nSPS) is 11.2. The van der Waals surface area contributed by atoms with Gasteiger partial charge in [-0.2, -0.15) is 0 Å². The minimum Gasteiger partial charge on any atom is -0.314 e. The Balaban J connectivity index is 1.79. The van der Waals surface area contributed by atoms with Gasteiger partial charge in [-0.05, 0) is 31.8 Å². The smallest absolute Gasteiger partial charge is 0.123 e. The van der Waals surface area contributed by atoms with Gasteiger partial charge < -0.3 is 10.2 Å². The Bertz CT molecular complexity index is 523. The largest absolute Gasteiger partial charge is 0.314 e. The second-order valence-electron chi connectivity index (χ2n) is 4.87. The molecule has 0 aliphatic carbocycles. The van der Waals surface area contributed by atoms with E-state index in [1.54, 1.807) is 0 Å². The van der Waals surface area contributed by atoms with Crippen molar-refractivity contribution >= 4 is 0 Å². The predicted molar refractivity (Wildman–Crippen MR) is 75.5 cm³/mol. The molecule has 0 spiro atoms. The van der Waals surface area contributed by atoms with Crippen LogP contribution in [0.3, 0.4) is 0 Å². The number of nitrogens with zero attached hydrogens (tertiary/aromatic N) is 4. The average molecular weight is 277 g/mol. The van der Waals surface area contributed by atoms with Crippen LogP contribution in [0.15, 0.2) is 30.5 Å². The highest BCUT2D eigenvalue weighted by molar-refractivity contribution is 5.15. The monoisotopic (exact) mass is 277 g/mol. The molecule has 0 amide bonds. The van der Waals surface area contributed by atoms with Crippen molar-refractivity contribution < 1.29 is 4.39 Å². The molecule has 2 rings (SSSR count). The van der Waals surface area contributed by atoms with E-state index in [-0.39, 0.29) is 5.82 Å². The van der Waals surface area contributed by atoms with Crippen molar-refractivity contribution in [1.29, 1.82) is 0 Å². The number of nitrogens with one attached hydrogen (secondary N) is 1. The lowest BCUT2D eigenvalue weighted by molar-refractivity contribution is 0.303. The topological polar surface area (TPSA) is 46.0 Å². The fourth-order valence-corrected chi connectivity index (χ4v) is 1.96. The Kier molecular flexibility index (Phi) is 5.20. The van der Waals surface area contributed by atoms with Gasteiger partial charge in [0.15, 0.2) is 0 Å². The maximum atomic E-state index is 12.8. The van der Waals surface area contributed by atoms with Gasteiger partial charge in [-0.15, -0.1) is 5.10 Å². The van der Waals surface area contributed by atoms with Crippen molar-refractivity contribution in [3.8, 4) is 0 Å². The van der Waals surface area contributed by atoms with E-state index in [4.69, 9.17) is 0 Å². The van der Waals surface area contributed by atoms with Gasteiger partial charge >= 0.3 is 0 Å². The number of rotatable bonds is 7. The highest BCUT2D eigenvalue weighted by Crippen LogP contribution is 2.05. The van der Waals surface area contributed by atoms with Gasteiger partial charge in [0.1, 0.15) is 5.82 Å². The fourth-order valence-electron chi connectivity index (χ4n) is 1.96. The maximum Gasteiger partial charge on any atom is 0.123 e. The van der Waals surface area contributed by atoms with E-state index < -0.39 is 0 Å². The van der Waals surface area contributed by atoms with E-state index in [0.717, 1.165) is 37.4 Å². The first-order valence-electron chi connectivity index (χ1n) is 6.64. The van der Waals surface area contributed by atoms with E-state index in [0.29, 0.717) is 0 Å². The number of benzene rings is 1. The summed E-state index contributed by atoms with van der Waals surface area (Å²) in [4.78, 5) is 2.17. The summed E-state index contributed by atoms with van der Waals surface area (Å²) in [5.41, 5.74) is 2.04. The summed E-state index contributed by atoms with van der Waals surface area (Å²) >= 11 is 0. The van der Waals surface area contributed by atoms with Crippen LogP contribution in [0.4, 0.5) is 4.39 Å². The van der Waals surface area contributed by atoms with Crippen LogP contribution >= 0.6 is 0 Å². The van der Waals surface area contributed by atoms with Crippen LogP contribution in [-0.2, 0) is 19.6 Å². The molecule has 1 heterocycles. The third-order valence-electron chi connectivity index (χ3n) is 3.02. The summed E-state index contributed by atoms with van der Waals surface area (Å²) in [6.07, 6.45) is 1.95. The SMILES string of the molecule is CNCc1cn(CCN(C)Cc2ccc(F)cc2)nn1. The lowest BCUT2D eigenvalue weighted by Gasteiger charge is -2.16. The highest BCUT2D eigenvalue weighted by Gasteiger charge is 2.03. The number of hydrogen-bond donors (Lipinski definition) is 1. The molecule has 5 nitrogen and oxygen atoms in total. The Morgan fingerprint density at radius 2 is 2.05 bits per heavy atom. The number of halogens is 1. The molecular weight excluding hydrogens is 257 g/mol. The zero-order valence-corrected chi connectivity index (χ0v) is 11.9. The van der Waals surface area contributed by atoms with Crippen molar-refractivity contribution in [3.05, 3.63) is 47.5 Å². The molecule has 108 valence electrons. The van der Waals surface area contributed by atoms with Crippen LogP contribution in [0.25, 0.3) is 0 Å². The molecule has 0 saturated carbocycles. The van der Waals surface area contributed by atoms with Crippen LogP contribution in [0.1, 0.15) is 11.3 Å². The summed E-state index contributed by atoms with van der Waals surface area (Å²) in [5, 5.41) is 11.2. The van der Waals surface area contributed by atoms with Crippen molar-refractivity contribution in [2.24, 2.45) is 0 Å². The van der Waals surface area contributed by atoms with E-state index in [1.165, 1.54) is 12.1 Å². The molecule has 0 bridgehead atoms. The van der Waals surface area contributed by atoms with Crippen molar-refractivity contribution in [3.63, 3.8) is 0 Å². The van der Waals surface area contributed by atoms with E-state index >= 15 is 0 Å². The fraction of sp³-hybridized carbons (Fsp3) is 0.429. The third kappa shape index (κ3) is 4.40. The highest BCUT2D eigenvalue weighted by atomic mass is 19.1. The Hall–Kier alpha value is -1.79. The summed E-state index contributed by atoms with van der Waals surface area (Å²) in [5.74, 6) is -0.198. The lowest BCUT2D eigenvalue weighted by atomic mass is 10.2. The first-order valence-corrected chi connectivity index (χ1v) is 6.64. The van der Waals surface area contributed by atoms with Crippen LogP contribution in [0, 0.1) is 5.82 Å². The number of likely N-dealkylation sites (N-methyl/N-ethyl adjacent to an activating group) is 1. The molecule has 0 fully saturated rings. The molecule has 20 heavy (non-hydrogen) atoms. The first kappa shape index (κ1) is 14.6. The zero-order chi connectivity index (χ0) is 14.4. The van der Waals surface area contributed by atoms with Gasteiger partial charge in [0.2, 0.25) is 0 Å². The van der Waals surface area contributed by atoms with Crippen LogP contribution < -0.4 is 5.32 Å². The van der Waals surface area contributed by atoms with Gasteiger partial charge in [0, 0.05) is 25.8 Å². The third-order valence-corrected chi connectivity index (χ3v) is 3.02. The molecule has 0 saturated heterocycles. The van der Waals surface area contributed by atoms with E-state index in [1.807, 2.05) is 37.1 Å². The lowest BCUT2D eigenvalue weighted by Crippen LogP contribution is -2.23. The first-order chi connectivity index (χ1) is 9.67. The molecule has 2 aromatic rings. The molecule has 1 N–H and O–H groups in total. The minimum atomic E-state index is -0.198. The van der Waals surface area contributed by atoms with Gasteiger partial charge in [-0.25, -0.2) is 4.39 Å². The molecule has 0 radical (unpaired) electrons. The summed E-state index contributed by atoms with van der Waals surface area (Å²) < 4.78 is 14.7. The molecule has 0 atom stereocenters. The van der Waals surface area contributed by atoms with Crippen LogP contribution in [-0.4, -0.2) is 40.5 Å². The van der Waals surface area contributed by atoms with E-state index in [9.17, 15) is 4.39 Å². The average Bonchev–Trinajstić information content (AvgIpc) is 2.87. The molecule has 0 aliphatic rings. The predicted octanol–water partition coefficient (Wildman–Crippen LogP) is 1.27. The molecule has 1 aromatic heterocycles. The van der Waals surface area contributed by atoms with Crippen molar-refractivity contribution in [2.75, 3.05) is 20.6 Å². The molecular formula is C14H20FN5. The second-order valence-corrected chi connectivity index (χ2v) is 4.87. The standard InChI is InChI=1S/C14H20FN5/c1-16-9-14-11-20(18-17-14)8-7-19(2)10-12-3-5-13(15)6-4-12/h3-6,11,16H,7-10H2,1-2H3. The van der Waals surface area contributed by atoms with E-state index in [2.05, 4.69) is 20.5 Å². The zero-order valence-electron chi connectivity index (χ0n) is 11.9. The van der Waals surface area contributed by atoms with Crippen LogP contribution in [0.2, 0.25) is 0 Å². The Morgan fingerprint density at radius 1 is 1.30 bits per heavy atom. The van der Waals surface area contributed by atoms with Gasteiger partial charge in [-0.3, -0.25) is 4.68 Å². The number of aromatic nitrogens is 3. The summed E-state index contributed by atoms with van der Waals surface area (Å²) in [6, 6.07) is 6.61. The summed E-state index contributed by atoms with van der Waals surface area (Å²) in [6.45, 7) is 3.16.